The van der Waals surface area contributed by atoms with E-state index in [1.807, 2.05) is 0 Å². The normalized spacial score (nSPS) is 10.6. The first kappa shape index (κ1) is 16.4. The maximum absolute atomic E-state index is 10.8. The predicted octanol–water partition coefficient (Wildman–Crippen LogP) is 3.16. The van der Waals surface area contributed by atoms with Crippen LogP contribution in [0.2, 0.25) is 0 Å². The zero-order valence-electron chi connectivity index (χ0n) is 13.1. The third kappa shape index (κ3) is 3.79. The van der Waals surface area contributed by atoms with Gasteiger partial charge in [0.15, 0.2) is 11.5 Å². The Kier molecular flexibility index (Phi) is 5.19. The van der Waals surface area contributed by atoms with Crippen molar-refractivity contribution in [2.45, 2.75) is 0 Å². The molecule has 0 saturated heterocycles. The molecule has 0 heterocycles. The van der Waals surface area contributed by atoms with Gasteiger partial charge in [-0.25, -0.2) is 4.79 Å². The molecule has 120 valence electrons. The summed E-state index contributed by atoms with van der Waals surface area (Å²) in [5, 5.41) is 8.88. The monoisotopic (exact) mass is 315 g/mol. The number of hydrogen-bond acceptors (Lipinski definition) is 5. The van der Waals surface area contributed by atoms with Crippen LogP contribution >= 0.6 is 0 Å². The lowest BCUT2D eigenvalue weighted by Crippen LogP contribution is -1.96. The highest BCUT2D eigenvalue weighted by Gasteiger charge is 2.10. The Hall–Kier alpha value is -3.02. The van der Waals surface area contributed by atoms with Crippen LogP contribution in [0.3, 0.4) is 0 Å². The summed E-state index contributed by atoms with van der Waals surface area (Å²) in [6, 6.07) is 9.74. The fraction of sp³-hybridized carbons (Fsp3) is 0.176. The fourth-order valence-electron chi connectivity index (χ4n) is 1.99. The van der Waals surface area contributed by atoms with Crippen molar-refractivity contribution in [3.63, 3.8) is 0 Å². The smallest absolute Gasteiger partial charge is 0.335 e. The Morgan fingerprint density at radius 3 is 2.04 bits per heavy atom. The molecule has 2 rings (SSSR count). The number of aliphatic imine (C=N–C) groups is 1. The van der Waals surface area contributed by atoms with Crippen LogP contribution in [0, 0.1) is 0 Å². The first-order valence-corrected chi connectivity index (χ1v) is 6.76. The second-order valence-electron chi connectivity index (χ2n) is 4.56. The van der Waals surface area contributed by atoms with Gasteiger partial charge in [0.25, 0.3) is 0 Å². The van der Waals surface area contributed by atoms with Crippen molar-refractivity contribution in [3.8, 4) is 17.2 Å². The number of hydrogen-bond donors (Lipinski definition) is 1. The molecule has 0 atom stereocenters. The molecular weight excluding hydrogens is 298 g/mol. The molecule has 6 nitrogen and oxygen atoms in total. The van der Waals surface area contributed by atoms with Crippen molar-refractivity contribution >= 4 is 17.9 Å². The summed E-state index contributed by atoms with van der Waals surface area (Å²) in [5.41, 5.74) is 1.56. The highest BCUT2D eigenvalue weighted by atomic mass is 16.5. The van der Waals surface area contributed by atoms with Crippen LogP contribution in [0.1, 0.15) is 15.9 Å². The molecule has 0 amide bonds. The van der Waals surface area contributed by atoms with E-state index in [1.165, 1.54) is 12.1 Å². The summed E-state index contributed by atoms with van der Waals surface area (Å²) in [6.45, 7) is 0. The molecule has 0 aliphatic heterocycles. The largest absolute Gasteiger partial charge is 0.496 e. The van der Waals surface area contributed by atoms with Gasteiger partial charge in [-0.05, 0) is 30.3 Å². The molecule has 1 N–H and O–H groups in total. The standard InChI is InChI=1S/C17H17NO5/c1-21-14-9-16(23-3)15(22-2)8-12(14)10-18-13-6-4-11(5-7-13)17(19)20/h4-10H,1-3H3,(H,19,20). The number of rotatable bonds is 6. The summed E-state index contributed by atoms with van der Waals surface area (Å²) in [7, 11) is 4.66. The molecule has 2 aromatic carbocycles. The van der Waals surface area contributed by atoms with Gasteiger partial charge in [0, 0.05) is 17.8 Å². The molecule has 0 spiro atoms. The molecular formula is C17H17NO5. The minimum absolute atomic E-state index is 0.215. The number of aromatic carboxylic acids is 1. The lowest BCUT2D eigenvalue weighted by atomic mass is 10.2. The summed E-state index contributed by atoms with van der Waals surface area (Å²) in [4.78, 5) is 15.1. The molecule has 0 radical (unpaired) electrons. The first-order chi connectivity index (χ1) is 11.1. The van der Waals surface area contributed by atoms with Crippen molar-refractivity contribution in [1.29, 1.82) is 0 Å². The SMILES string of the molecule is COc1cc(OC)c(OC)cc1C=Nc1ccc(C(=O)O)cc1. The third-order valence-corrected chi connectivity index (χ3v) is 3.20. The Bertz CT molecular complexity index is 723. The van der Waals surface area contributed by atoms with Crippen LogP contribution in [-0.4, -0.2) is 38.6 Å². The number of methoxy groups -OCH3 is 3. The van der Waals surface area contributed by atoms with E-state index in [1.54, 1.807) is 51.8 Å². The van der Waals surface area contributed by atoms with Gasteiger partial charge in [-0.15, -0.1) is 0 Å². The molecule has 6 heteroatoms. The van der Waals surface area contributed by atoms with Gasteiger partial charge in [0.2, 0.25) is 0 Å². The number of ether oxygens (including phenoxy) is 3. The lowest BCUT2D eigenvalue weighted by molar-refractivity contribution is 0.0697. The van der Waals surface area contributed by atoms with Crippen LogP contribution < -0.4 is 14.2 Å². The first-order valence-electron chi connectivity index (χ1n) is 6.76. The molecule has 0 aliphatic rings. The van der Waals surface area contributed by atoms with Gasteiger partial charge in [-0.2, -0.15) is 0 Å². The topological polar surface area (TPSA) is 77.3 Å². The van der Waals surface area contributed by atoms with Gasteiger partial charge in [0.05, 0.1) is 32.6 Å². The molecule has 2 aromatic rings. The lowest BCUT2D eigenvalue weighted by Gasteiger charge is -2.11. The molecule has 23 heavy (non-hydrogen) atoms. The second kappa shape index (κ2) is 7.31. The third-order valence-electron chi connectivity index (χ3n) is 3.20. The van der Waals surface area contributed by atoms with Gasteiger partial charge >= 0.3 is 5.97 Å². The zero-order valence-corrected chi connectivity index (χ0v) is 13.1. The maximum Gasteiger partial charge on any atom is 0.335 e. The zero-order chi connectivity index (χ0) is 16.8. The number of nitrogens with zero attached hydrogens (tertiary/aromatic N) is 1. The average molecular weight is 315 g/mol. The second-order valence-corrected chi connectivity index (χ2v) is 4.56. The fourth-order valence-corrected chi connectivity index (χ4v) is 1.99. The van der Waals surface area contributed by atoms with Crippen LogP contribution in [0.4, 0.5) is 5.69 Å². The Balaban J connectivity index is 2.32. The Morgan fingerprint density at radius 2 is 1.52 bits per heavy atom. The van der Waals surface area contributed by atoms with Crippen LogP contribution in [0.15, 0.2) is 41.4 Å². The van der Waals surface area contributed by atoms with E-state index < -0.39 is 5.97 Å². The Morgan fingerprint density at radius 1 is 0.957 bits per heavy atom. The van der Waals surface area contributed by atoms with E-state index in [0.717, 1.165) is 0 Å². The highest BCUT2D eigenvalue weighted by Crippen LogP contribution is 2.34. The van der Waals surface area contributed by atoms with Gasteiger partial charge in [0.1, 0.15) is 5.75 Å². The average Bonchev–Trinajstić information content (AvgIpc) is 2.59. The van der Waals surface area contributed by atoms with Gasteiger partial charge < -0.3 is 19.3 Å². The molecule has 0 aromatic heterocycles. The summed E-state index contributed by atoms with van der Waals surface area (Å²) < 4.78 is 15.8. The summed E-state index contributed by atoms with van der Waals surface area (Å²) in [5.74, 6) is 0.749. The predicted molar refractivity (Wildman–Crippen MR) is 86.8 cm³/mol. The van der Waals surface area contributed by atoms with E-state index in [4.69, 9.17) is 19.3 Å². The summed E-state index contributed by atoms with van der Waals surface area (Å²) in [6.07, 6.45) is 1.62. The van der Waals surface area contributed by atoms with E-state index in [2.05, 4.69) is 4.99 Å². The van der Waals surface area contributed by atoms with E-state index in [9.17, 15) is 4.79 Å². The summed E-state index contributed by atoms with van der Waals surface area (Å²) >= 11 is 0. The van der Waals surface area contributed by atoms with Crippen molar-refractivity contribution < 1.29 is 24.1 Å². The van der Waals surface area contributed by atoms with E-state index in [0.29, 0.717) is 28.5 Å². The number of carbonyl (C=O) groups is 1. The highest BCUT2D eigenvalue weighted by molar-refractivity contribution is 5.89. The van der Waals surface area contributed by atoms with Crippen molar-refractivity contribution in [2.75, 3.05) is 21.3 Å². The molecule has 0 saturated carbocycles. The number of carboxylic acids is 1. The number of benzene rings is 2. The van der Waals surface area contributed by atoms with Crippen molar-refractivity contribution in [2.24, 2.45) is 4.99 Å². The van der Waals surface area contributed by atoms with Crippen LogP contribution in [0.5, 0.6) is 17.2 Å². The molecule has 0 fully saturated rings. The van der Waals surface area contributed by atoms with Gasteiger partial charge in [-0.1, -0.05) is 0 Å². The maximum atomic E-state index is 10.8. The van der Waals surface area contributed by atoms with E-state index >= 15 is 0 Å². The van der Waals surface area contributed by atoms with Crippen molar-refractivity contribution in [3.05, 3.63) is 47.5 Å². The quantitative estimate of drug-likeness (QED) is 0.829. The number of carboxylic acid groups (broad SMARTS) is 1. The van der Waals surface area contributed by atoms with Crippen LogP contribution in [-0.2, 0) is 0 Å². The molecule has 0 bridgehead atoms. The molecule has 0 unspecified atom stereocenters. The van der Waals surface area contributed by atoms with Gasteiger partial charge in [-0.3, -0.25) is 4.99 Å². The minimum atomic E-state index is -0.970. The Labute approximate surface area is 134 Å². The van der Waals surface area contributed by atoms with E-state index in [-0.39, 0.29) is 5.56 Å². The van der Waals surface area contributed by atoms with Crippen molar-refractivity contribution in [1.82, 2.24) is 0 Å². The van der Waals surface area contributed by atoms with Crippen LogP contribution in [0.25, 0.3) is 0 Å². The minimum Gasteiger partial charge on any atom is -0.496 e. The molecule has 0 aliphatic carbocycles.